The average molecular weight is 547 g/mol. The topological polar surface area (TPSA) is 57.5 Å². The van der Waals surface area contributed by atoms with Gasteiger partial charge >= 0.3 is 0 Å². The predicted molar refractivity (Wildman–Crippen MR) is 126 cm³/mol. The van der Waals surface area contributed by atoms with Gasteiger partial charge in [0.25, 0.3) is 0 Å². The number of hydrogen-bond donors (Lipinski definition) is 2. The molecule has 8 heteroatoms. The maximum atomic E-state index is 4.68. The van der Waals surface area contributed by atoms with E-state index in [4.69, 9.17) is 0 Å². The molecular weight excluding hydrogens is 519 g/mol. The van der Waals surface area contributed by atoms with Crippen molar-refractivity contribution in [3.63, 3.8) is 0 Å². The highest BCUT2D eigenvalue weighted by Crippen LogP contribution is 2.24. The van der Waals surface area contributed by atoms with Crippen LogP contribution >= 0.6 is 39.9 Å². The van der Waals surface area contributed by atoms with Crippen molar-refractivity contribution in [2.24, 2.45) is 18.0 Å². The van der Waals surface area contributed by atoms with Gasteiger partial charge in [-0.2, -0.15) is 5.10 Å². The Hall–Kier alpha value is -1.29. The van der Waals surface area contributed by atoms with Gasteiger partial charge in [0.05, 0.1) is 12.2 Å². The van der Waals surface area contributed by atoms with Gasteiger partial charge < -0.3 is 15.5 Å². The van der Waals surface area contributed by atoms with Crippen molar-refractivity contribution in [2.75, 3.05) is 31.1 Å². The number of benzene rings is 1. The van der Waals surface area contributed by atoms with Gasteiger partial charge in [-0.1, -0.05) is 15.9 Å². The lowest BCUT2D eigenvalue weighted by Gasteiger charge is -2.19. The van der Waals surface area contributed by atoms with Gasteiger partial charge in [-0.25, -0.2) is 4.99 Å². The van der Waals surface area contributed by atoms with Crippen LogP contribution in [0.25, 0.3) is 0 Å². The van der Waals surface area contributed by atoms with Crippen molar-refractivity contribution in [1.82, 2.24) is 20.4 Å². The molecule has 1 atom stereocenters. The Kier molecular flexibility index (Phi) is 8.88. The van der Waals surface area contributed by atoms with E-state index in [1.54, 1.807) is 6.20 Å². The summed E-state index contributed by atoms with van der Waals surface area (Å²) in [6, 6.07) is 10.6. The zero-order valence-corrected chi connectivity index (χ0v) is 19.8. The summed E-state index contributed by atoms with van der Waals surface area (Å²) in [5.74, 6) is 1.50. The summed E-state index contributed by atoms with van der Waals surface area (Å²) < 4.78 is 2.98. The largest absolute Gasteiger partial charge is 0.371 e. The van der Waals surface area contributed by atoms with E-state index in [9.17, 15) is 0 Å². The van der Waals surface area contributed by atoms with E-state index >= 15 is 0 Å². The number of aryl methyl sites for hydroxylation is 1. The Labute approximate surface area is 187 Å². The van der Waals surface area contributed by atoms with Crippen LogP contribution < -0.4 is 15.5 Å². The van der Waals surface area contributed by atoms with Crippen LogP contribution in [0.15, 0.2) is 46.0 Å². The fraction of sp³-hybridized carbons (Fsp3) is 0.474. The Morgan fingerprint density at radius 2 is 2.04 bits per heavy atom. The van der Waals surface area contributed by atoms with Gasteiger partial charge in [-0.05, 0) is 49.6 Å². The molecule has 1 aromatic heterocycles. The first-order valence-corrected chi connectivity index (χ1v) is 9.94. The van der Waals surface area contributed by atoms with E-state index in [-0.39, 0.29) is 24.0 Å². The molecule has 6 nitrogen and oxygen atoms in total. The molecule has 0 amide bonds. The van der Waals surface area contributed by atoms with Crippen LogP contribution in [-0.2, 0) is 13.6 Å². The molecular formula is C19H28BrIN6. The molecule has 2 heterocycles. The van der Waals surface area contributed by atoms with Crippen molar-refractivity contribution < 1.29 is 0 Å². The second kappa shape index (κ2) is 10.9. The summed E-state index contributed by atoms with van der Waals surface area (Å²) in [5.41, 5.74) is 2.40. The predicted octanol–water partition coefficient (Wildman–Crippen LogP) is 3.38. The first kappa shape index (κ1) is 22.0. The average Bonchev–Trinajstić information content (AvgIpc) is 3.27. The summed E-state index contributed by atoms with van der Waals surface area (Å²) in [4.78, 5) is 7.14. The monoisotopic (exact) mass is 546 g/mol. The van der Waals surface area contributed by atoms with Gasteiger partial charge in [-0.15, -0.1) is 24.0 Å². The van der Waals surface area contributed by atoms with Crippen LogP contribution in [-0.4, -0.2) is 41.9 Å². The van der Waals surface area contributed by atoms with Crippen molar-refractivity contribution in [1.29, 1.82) is 0 Å². The minimum Gasteiger partial charge on any atom is -0.371 e. The third-order valence-corrected chi connectivity index (χ3v) is 5.23. The fourth-order valence-corrected chi connectivity index (χ4v) is 3.45. The highest BCUT2D eigenvalue weighted by molar-refractivity contribution is 14.0. The number of hydrogen-bond acceptors (Lipinski definition) is 3. The molecule has 0 spiro atoms. The number of aliphatic imine (C=N–C) groups is 1. The fourth-order valence-electron chi connectivity index (χ4n) is 3.18. The second-order valence-corrected chi connectivity index (χ2v) is 7.52. The van der Waals surface area contributed by atoms with E-state index in [1.807, 2.05) is 17.8 Å². The zero-order valence-electron chi connectivity index (χ0n) is 15.9. The van der Waals surface area contributed by atoms with E-state index in [1.165, 1.54) is 12.1 Å². The minimum absolute atomic E-state index is 0. The summed E-state index contributed by atoms with van der Waals surface area (Å²) in [7, 11) is 1.94. The standard InChI is InChI=1S/C19H27BrN6.HI/c1-3-21-19(23-13-18-8-10-24-25(18)2)22-12-15-9-11-26(14-15)17-6-4-16(20)5-7-17;/h4-8,10,15H,3,9,11-14H2,1-2H3,(H2,21,22,23);1H. The molecule has 1 aliphatic rings. The molecule has 0 saturated carbocycles. The molecule has 1 fully saturated rings. The van der Waals surface area contributed by atoms with Crippen LogP contribution in [0, 0.1) is 5.92 Å². The molecule has 2 aromatic rings. The van der Waals surface area contributed by atoms with Crippen molar-refractivity contribution in [3.05, 3.63) is 46.7 Å². The van der Waals surface area contributed by atoms with Gasteiger partial charge in [0.1, 0.15) is 0 Å². The van der Waals surface area contributed by atoms with Crippen LogP contribution in [0.3, 0.4) is 0 Å². The first-order valence-electron chi connectivity index (χ1n) is 9.15. The lowest BCUT2D eigenvalue weighted by molar-refractivity contribution is 0.565. The van der Waals surface area contributed by atoms with Gasteiger partial charge in [0, 0.05) is 49.6 Å². The quantitative estimate of drug-likeness (QED) is 0.331. The van der Waals surface area contributed by atoms with Crippen LogP contribution in [0.5, 0.6) is 0 Å². The number of halogens is 2. The third kappa shape index (κ3) is 6.38. The highest BCUT2D eigenvalue weighted by atomic mass is 127. The summed E-state index contributed by atoms with van der Waals surface area (Å²) in [6.07, 6.45) is 3.00. The lowest BCUT2D eigenvalue weighted by Crippen LogP contribution is -2.40. The number of rotatable bonds is 6. The van der Waals surface area contributed by atoms with Crippen molar-refractivity contribution >= 4 is 51.6 Å². The molecule has 3 rings (SSSR count). The Balaban J connectivity index is 0.00000261. The van der Waals surface area contributed by atoms with Gasteiger partial charge in [0.15, 0.2) is 5.96 Å². The van der Waals surface area contributed by atoms with Gasteiger partial charge in [-0.3, -0.25) is 4.68 Å². The number of aromatic nitrogens is 2. The third-order valence-electron chi connectivity index (χ3n) is 4.70. The minimum atomic E-state index is 0. The molecule has 0 radical (unpaired) electrons. The second-order valence-electron chi connectivity index (χ2n) is 6.60. The molecule has 1 aromatic carbocycles. The summed E-state index contributed by atoms with van der Waals surface area (Å²) >= 11 is 3.50. The summed E-state index contributed by atoms with van der Waals surface area (Å²) in [6.45, 7) is 6.69. The summed E-state index contributed by atoms with van der Waals surface area (Å²) in [5, 5.41) is 11.0. The maximum absolute atomic E-state index is 4.68. The SMILES string of the molecule is CCNC(=NCc1ccnn1C)NCC1CCN(c2ccc(Br)cc2)C1.I. The van der Waals surface area contributed by atoms with E-state index in [2.05, 4.69) is 72.7 Å². The van der Waals surface area contributed by atoms with E-state index in [0.29, 0.717) is 12.5 Å². The molecule has 0 aliphatic carbocycles. The van der Waals surface area contributed by atoms with E-state index in [0.717, 1.165) is 42.3 Å². The molecule has 1 saturated heterocycles. The smallest absolute Gasteiger partial charge is 0.191 e. The van der Waals surface area contributed by atoms with E-state index < -0.39 is 0 Å². The first-order chi connectivity index (χ1) is 12.7. The maximum Gasteiger partial charge on any atom is 0.191 e. The lowest BCUT2D eigenvalue weighted by atomic mass is 10.1. The molecule has 27 heavy (non-hydrogen) atoms. The number of guanidine groups is 1. The van der Waals surface area contributed by atoms with Crippen LogP contribution in [0.4, 0.5) is 5.69 Å². The Morgan fingerprint density at radius 1 is 1.26 bits per heavy atom. The Morgan fingerprint density at radius 3 is 2.70 bits per heavy atom. The highest BCUT2D eigenvalue weighted by Gasteiger charge is 2.22. The van der Waals surface area contributed by atoms with Crippen molar-refractivity contribution in [2.45, 2.75) is 19.9 Å². The Bertz CT molecular complexity index is 730. The van der Waals surface area contributed by atoms with Crippen molar-refractivity contribution in [3.8, 4) is 0 Å². The molecule has 148 valence electrons. The normalized spacial score (nSPS) is 16.9. The van der Waals surface area contributed by atoms with Gasteiger partial charge in [0.2, 0.25) is 0 Å². The number of nitrogens with zero attached hydrogens (tertiary/aromatic N) is 4. The zero-order chi connectivity index (χ0) is 18.4. The van der Waals surface area contributed by atoms with Crippen LogP contribution in [0.2, 0.25) is 0 Å². The number of anilines is 1. The van der Waals surface area contributed by atoms with Crippen LogP contribution in [0.1, 0.15) is 19.0 Å². The molecule has 1 unspecified atom stereocenters. The number of nitrogens with one attached hydrogen (secondary N) is 2. The molecule has 1 aliphatic heterocycles. The molecule has 2 N–H and O–H groups in total. The molecule has 0 bridgehead atoms.